The van der Waals surface area contributed by atoms with Gasteiger partial charge in [-0.1, -0.05) is 12.1 Å². The van der Waals surface area contributed by atoms with E-state index in [9.17, 15) is 19.2 Å². The highest BCUT2D eigenvalue weighted by Crippen LogP contribution is 2.30. The maximum Gasteiger partial charge on any atom is 0.306 e. The lowest BCUT2D eigenvalue weighted by Crippen LogP contribution is -2.52. The number of ether oxygens (including phenoxy) is 1. The average molecular weight is 386 g/mol. The first kappa shape index (κ1) is 20.0. The number of aryl methyl sites for hydroxylation is 1. The zero-order valence-electron chi connectivity index (χ0n) is 16.5. The molecule has 3 amide bonds. The van der Waals surface area contributed by atoms with Crippen LogP contribution in [0.3, 0.4) is 0 Å². The van der Waals surface area contributed by atoms with Crippen LogP contribution >= 0.6 is 0 Å². The molecule has 1 aromatic carbocycles. The SMILES string of the molecule is CC(C)(C)OC(=O)CCCc1cccc2c1CN(C1CCC(=O)NC1=O)C2=O. The van der Waals surface area contributed by atoms with Crippen molar-refractivity contribution in [2.75, 3.05) is 0 Å². The van der Waals surface area contributed by atoms with E-state index >= 15 is 0 Å². The zero-order chi connectivity index (χ0) is 20.5. The lowest BCUT2D eigenvalue weighted by molar-refractivity contribution is -0.155. The molecule has 28 heavy (non-hydrogen) atoms. The summed E-state index contributed by atoms with van der Waals surface area (Å²) in [4.78, 5) is 49.8. The number of hydrogen-bond acceptors (Lipinski definition) is 5. The van der Waals surface area contributed by atoms with Crippen molar-refractivity contribution in [1.82, 2.24) is 10.2 Å². The van der Waals surface area contributed by atoms with Crippen LogP contribution in [-0.4, -0.2) is 40.2 Å². The van der Waals surface area contributed by atoms with E-state index in [-0.39, 0.29) is 24.2 Å². The predicted octanol–water partition coefficient (Wildman–Crippen LogP) is 2.11. The maximum atomic E-state index is 12.8. The lowest BCUT2D eigenvalue weighted by Gasteiger charge is -2.29. The van der Waals surface area contributed by atoms with Crippen LogP contribution in [0.25, 0.3) is 0 Å². The minimum Gasteiger partial charge on any atom is -0.460 e. The summed E-state index contributed by atoms with van der Waals surface area (Å²) < 4.78 is 5.33. The Morgan fingerprint density at radius 1 is 1.25 bits per heavy atom. The molecule has 1 atom stereocenters. The van der Waals surface area contributed by atoms with Gasteiger partial charge >= 0.3 is 5.97 Å². The highest BCUT2D eigenvalue weighted by atomic mass is 16.6. The molecule has 0 radical (unpaired) electrons. The van der Waals surface area contributed by atoms with E-state index in [1.54, 1.807) is 11.0 Å². The molecular formula is C21H26N2O5. The van der Waals surface area contributed by atoms with E-state index in [4.69, 9.17) is 4.74 Å². The van der Waals surface area contributed by atoms with Gasteiger partial charge in [0.2, 0.25) is 11.8 Å². The minimum atomic E-state index is -0.618. The molecule has 0 spiro atoms. The molecule has 2 aliphatic rings. The van der Waals surface area contributed by atoms with Crippen molar-refractivity contribution in [1.29, 1.82) is 0 Å². The summed E-state index contributed by atoms with van der Waals surface area (Å²) in [6.45, 7) is 5.86. The van der Waals surface area contributed by atoms with Gasteiger partial charge in [-0.15, -0.1) is 0 Å². The van der Waals surface area contributed by atoms with Gasteiger partial charge in [-0.25, -0.2) is 0 Å². The van der Waals surface area contributed by atoms with Crippen molar-refractivity contribution in [2.45, 2.75) is 71.1 Å². The first-order valence-electron chi connectivity index (χ1n) is 9.63. The fraction of sp³-hybridized carbons (Fsp3) is 0.524. The molecule has 1 aromatic rings. The van der Waals surface area contributed by atoms with E-state index < -0.39 is 17.6 Å². The molecule has 1 unspecified atom stereocenters. The number of hydrogen-bond donors (Lipinski definition) is 1. The van der Waals surface area contributed by atoms with Gasteiger partial charge in [0.05, 0.1) is 0 Å². The van der Waals surface area contributed by atoms with Gasteiger partial charge in [0, 0.05) is 24.9 Å². The van der Waals surface area contributed by atoms with Crippen molar-refractivity contribution < 1.29 is 23.9 Å². The van der Waals surface area contributed by atoms with Crippen molar-refractivity contribution in [3.8, 4) is 0 Å². The molecule has 1 N–H and O–H groups in total. The number of amides is 3. The standard InChI is InChI=1S/C21H26N2O5/c1-21(2,3)28-18(25)9-5-7-13-6-4-8-14-15(13)12-23(20(14)27)16-10-11-17(24)22-19(16)26/h4,6,8,16H,5,7,9-12H2,1-3H3,(H,22,24,26). The minimum absolute atomic E-state index is 0.182. The van der Waals surface area contributed by atoms with Crippen LogP contribution in [0.2, 0.25) is 0 Å². The quantitative estimate of drug-likeness (QED) is 0.618. The number of nitrogens with one attached hydrogen (secondary N) is 1. The number of carbonyl (C=O) groups is 4. The van der Waals surface area contributed by atoms with Crippen LogP contribution in [0.1, 0.15) is 67.9 Å². The first-order valence-corrected chi connectivity index (χ1v) is 9.63. The number of carbonyl (C=O) groups excluding carboxylic acids is 4. The van der Waals surface area contributed by atoms with Gasteiger partial charge in [-0.3, -0.25) is 24.5 Å². The Hall–Kier alpha value is -2.70. The van der Waals surface area contributed by atoms with Gasteiger partial charge in [0.1, 0.15) is 11.6 Å². The van der Waals surface area contributed by atoms with Gasteiger partial charge in [0.15, 0.2) is 0 Å². The predicted molar refractivity (Wildman–Crippen MR) is 101 cm³/mol. The molecule has 150 valence electrons. The number of nitrogens with zero attached hydrogens (tertiary/aromatic N) is 1. The van der Waals surface area contributed by atoms with Gasteiger partial charge in [-0.2, -0.15) is 0 Å². The molecule has 3 rings (SSSR count). The molecule has 2 aliphatic heterocycles. The highest BCUT2D eigenvalue weighted by Gasteiger charge is 2.39. The van der Waals surface area contributed by atoms with Crippen LogP contribution in [0.5, 0.6) is 0 Å². The lowest BCUT2D eigenvalue weighted by atomic mass is 9.99. The monoisotopic (exact) mass is 386 g/mol. The number of rotatable bonds is 5. The normalized spacial score (nSPS) is 19.5. The average Bonchev–Trinajstić information content (AvgIpc) is 2.91. The second-order valence-electron chi connectivity index (χ2n) is 8.28. The second kappa shape index (κ2) is 7.73. The Morgan fingerprint density at radius 3 is 2.68 bits per heavy atom. The first-order chi connectivity index (χ1) is 13.2. The Balaban J connectivity index is 1.66. The third-order valence-corrected chi connectivity index (χ3v) is 4.93. The highest BCUT2D eigenvalue weighted by molar-refractivity contribution is 6.05. The Kier molecular flexibility index (Phi) is 5.54. The Morgan fingerprint density at radius 2 is 2.00 bits per heavy atom. The van der Waals surface area contributed by atoms with Crippen LogP contribution < -0.4 is 5.32 Å². The topological polar surface area (TPSA) is 92.8 Å². The largest absolute Gasteiger partial charge is 0.460 e. The van der Waals surface area contributed by atoms with Crippen molar-refractivity contribution >= 4 is 23.7 Å². The summed E-state index contributed by atoms with van der Waals surface area (Å²) >= 11 is 0. The molecule has 0 aliphatic carbocycles. The fourth-order valence-electron chi connectivity index (χ4n) is 3.70. The molecule has 7 heteroatoms. The van der Waals surface area contributed by atoms with Crippen molar-refractivity contribution in [3.63, 3.8) is 0 Å². The van der Waals surface area contributed by atoms with Crippen LogP contribution in [0.15, 0.2) is 18.2 Å². The van der Waals surface area contributed by atoms with Crippen molar-refractivity contribution in [3.05, 3.63) is 34.9 Å². The molecule has 2 heterocycles. The summed E-state index contributed by atoms with van der Waals surface area (Å²) in [5, 5.41) is 2.31. The zero-order valence-corrected chi connectivity index (χ0v) is 16.5. The number of imide groups is 1. The van der Waals surface area contributed by atoms with Crippen molar-refractivity contribution in [2.24, 2.45) is 0 Å². The fourth-order valence-corrected chi connectivity index (χ4v) is 3.70. The molecule has 0 saturated carbocycles. The van der Waals surface area contributed by atoms with Gasteiger partial charge in [0.25, 0.3) is 5.91 Å². The number of fused-ring (bicyclic) bond motifs is 1. The van der Waals surface area contributed by atoms with E-state index in [0.717, 1.165) is 11.1 Å². The Bertz CT molecular complexity index is 825. The van der Waals surface area contributed by atoms with E-state index in [2.05, 4.69) is 5.32 Å². The molecule has 0 bridgehead atoms. The van der Waals surface area contributed by atoms with Crippen LogP contribution in [0.4, 0.5) is 0 Å². The summed E-state index contributed by atoms with van der Waals surface area (Å²) in [5.41, 5.74) is 2.00. The molecule has 1 saturated heterocycles. The van der Waals surface area contributed by atoms with E-state index in [0.29, 0.717) is 37.8 Å². The van der Waals surface area contributed by atoms with Crippen LogP contribution in [0, 0.1) is 0 Å². The Labute approximate surface area is 164 Å². The third-order valence-electron chi connectivity index (χ3n) is 4.93. The van der Waals surface area contributed by atoms with E-state index in [1.807, 2.05) is 32.9 Å². The van der Waals surface area contributed by atoms with E-state index in [1.165, 1.54) is 0 Å². The molecule has 1 fully saturated rings. The van der Waals surface area contributed by atoms with Crippen LogP contribution in [-0.2, 0) is 32.1 Å². The van der Waals surface area contributed by atoms with Gasteiger partial charge < -0.3 is 9.64 Å². The number of piperidine rings is 1. The third kappa shape index (κ3) is 4.40. The van der Waals surface area contributed by atoms with Gasteiger partial charge in [-0.05, 0) is 57.2 Å². The summed E-state index contributed by atoms with van der Waals surface area (Å²) in [6.07, 6.45) is 2.17. The summed E-state index contributed by atoms with van der Waals surface area (Å²) in [5.74, 6) is -1.13. The molecular weight excluding hydrogens is 360 g/mol. The number of esters is 1. The second-order valence-corrected chi connectivity index (χ2v) is 8.28. The molecule has 0 aromatic heterocycles. The summed E-state index contributed by atoms with van der Waals surface area (Å²) in [6, 6.07) is 4.93. The molecule has 7 nitrogen and oxygen atoms in total. The smallest absolute Gasteiger partial charge is 0.306 e. The maximum absolute atomic E-state index is 12.8. The number of benzene rings is 1. The summed E-state index contributed by atoms with van der Waals surface area (Å²) in [7, 11) is 0.